The molecule has 0 aliphatic heterocycles. The molecule has 8 heteroatoms. The van der Waals surface area contributed by atoms with Crippen LogP contribution in [0.4, 0.5) is 5.95 Å². The van der Waals surface area contributed by atoms with E-state index in [2.05, 4.69) is 20.5 Å². The van der Waals surface area contributed by atoms with E-state index in [0.29, 0.717) is 34.7 Å². The monoisotopic (exact) mass is 329 g/mol. The molecule has 1 amide bonds. The van der Waals surface area contributed by atoms with Crippen LogP contribution in [0, 0.1) is 0 Å². The molecule has 0 spiro atoms. The van der Waals surface area contributed by atoms with E-state index >= 15 is 0 Å². The van der Waals surface area contributed by atoms with Gasteiger partial charge in [0.1, 0.15) is 5.76 Å². The van der Waals surface area contributed by atoms with Crippen molar-refractivity contribution >= 4 is 23.6 Å². The largest absolute Gasteiger partial charge is 0.467 e. The number of hydrogen-bond donors (Lipinski definition) is 3. The molecule has 4 N–H and O–H groups in total. The van der Waals surface area contributed by atoms with Crippen LogP contribution in [0.3, 0.4) is 0 Å². The summed E-state index contributed by atoms with van der Waals surface area (Å²) in [4.78, 5) is 16.2. The van der Waals surface area contributed by atoms with Crippen LogP contribution in [0.25, 0.3) is 0 Å². The van der Waals surface area contributed by atoms with Crippen molar-refractivity contribution < 1.29 is 9.21 Å². The van der Waals surface area contributed by atoms with Gasteiger partial charge in [-0.3, -0.25) is 4.79 Å². The van der Waals surface area contributed by atoms with E-state index in [4.69, 9.17) is 10.2 Å². The molecule has 3 rings (SSSR count). The fourth-order valence-corrected chi connectivity index (χ4v) is 2.70. The van der Waals surface area contributed by atoms with E-state index < -0.39 is 0 Å². The molecule has 0 unspecified atom stereocenters. The summed E-state index contributed by atoms with van der Waals surface area (Å²) in [5.41, 5.74) is 7.09. The van der Waals surface area contributed by atoms with Crippen LogP contribution >= 0.6 is 11.8 Å². The van der Waals surface area contributed by atoms with Gasteiger partial charge in [-0.2, -0.15) is 4.98 Å². The second-order valence-corrected chi connectivity index (χ2v) is 5.70. The van der Waals surface area contributed by atoms with Crippen molar-refractivity contribution in [1.29, 1.82) is 0 Å². The summed E-state index contributed by atoms with van der Waals surface area (Å²) in [6.45, 7) is 0.362. The first-order valence-electron chi connectivity index (χ1n) is 6.91. The third kappa shape index (κ3) is 4.13. The molecule has 7 nitrogen and oxygen atoms in total. The first-order valence-corrected chi connectivity index (χ1v) is 7.89. The highest BCUT2D eigenvalue weighted by atomic mass is 32.2. The van der Waals surface area contributed by atoms with Crippen LogP contribution < -0.4 is 11.1 Å². The fourth-order valence-electron chi connectivity index (χ4n) is 1.96. The van der Waals surface area contributed by atoms with Gasteiger partial charge >= 0.3 is 0 Å². The maximum Gasteiger partial charge on any atom is 0.251 e. The molecule has 0 aliphatic rings. The number of thioether (sulfide) groups is 1. The summed E-state index contributed by atoms with van der Waals surface area (Å²) in [5, 5.41) is 9.94. The fraction of sp³-hybridized carbons (Fsp3) is 0.133. The highest BCUT2D eigenvalue weighted by Gasteiger charge is 2.08. The predicted molar refractivity (Wildman–Crippen MR) is 86.7 cm³/mol. The van der Waals surface area contributed by atoms with Crippen molar-refractivity contribution in [2.24, 2.45) is 0 Å². The molecule has 0 saturated heterocycles. The van der Waals surface area contributed by atoms with Crippen LogP contribution in [0.1, 0.15) is 21.7 Å². The summed E-state index contributed by atoms with van der Waals surface area (Å²) in [5.74, 6) is 1.51. The van der Waals surface area contributed by atoms with E-state index in [0.717, 1.165) is 5.56 Å². The van der Waals surface area contributed by atoms with E-state index in [1.807, 2.05) is 24.3 Å². The number of hydrogen-bond acceptors (Lipinski definition) is 6. The lowest BCUT2D eigenvalue weighted by Gasteiger charge is -2.05. The Bertz CT molecular complexity index is 785. The SMILES string of the molecule is Nc1nc(SCc2cccc(C(=O)NCc3ccco3)c2)n[nH]1. The minimum atomic E-state index is -0.143. The number of H-pyrrole nitrogens is 1. The quantitative estimate of drug-likeness (QED) is 0.598. The second kappa shape index (κ2) is 7.01. The summed E-state index contributed by atoms with van der Waals surface area (Å²) in [7, 11) is 0. The lowest BCUT2D eigenvalue weighted by molar-refractivity contribution is 0.0948. The van der Waals surface area contributed by atoms with Crippen LogP contribution in [-0.4, -0.2) is 21.1 Å². The first-order chi connectivity index (χ1) is 11.2. The standard InChI is InChI=1S/C15H15N5O2S/c16-14-18-15(20-19-14)23-9-10-3-1-4-11(7-10)13(21)17-8-12-5-2-6-22-12/h1-7H,8-9H2,(H,17,21)(H3,16,18,19,20). The molecule has 3 aromatic rings. The van der Waals surface area contributed by atoms with Crippen molar-refractivity contribution in [3.63, 3.8) is 0 Å². The Morgan fingerprint density at radius 1 is 1.35 bits per heavy atom. The Morgan fingerprint density at radius 2 is 2.26 bits per heavy atom. The zero-order chi connectivity index (χ0) is 16.1. The van der Waals surface area contributed by atoms with E-state index in [1.54, 1.807) is 18.4 Å². The third-order valence-corrected chi connectivity index (χ3v) is 3.96. The highest BCUT2D eigenvalue weighted by molar-refractivity contribution is 7.98. The molecular formula is C15H15N5O2S. The van der Waals surface area contributed by atoms with Gasteiger partial charge < -0.3 is 15.5 Å². The Labute approximate surface area is 136 Å². The minimum Gasteiger partial charge on any atom is -0.467 e. The summed E-state index contributed by atoms with van der Waals surface area (Å²) in [6, 6.07) is 11.0. The highest BCUT2D eigenvalue weighted by Crippen LogP contribution is 2.20. The molecule has 2 heterocycles. The number of carbonyl (C=O) groups excluding carboxylic acids is 1. The molecule has 1 aromatic carbocycles. The molecule has 0 fully saturated rings. The number of carbonyl (C=O) groups is 1. The number of nitrogens with zero attached hydrogens (tertiary/aromatic N) is 2. The Kier molecular flexibility index (Phi) is 4.62. The summed E-state index contributed by atoms with van der Waals surface area (Å²) < 4.78 is 5.19. The number of anilines is 1. The summed E-state index contributed by atoms with van der Waals surface area (Å²) in [6.07, 6.45) is 1.58. The van der Waals surface area contributed by atoms with Crippen molar-refractivity contribution in [2.45, 2.75) is 17.5 Å². The smallest absolute Gasteiger partial charge is 0.251 e. The second-order valence-electron chi connectivity index (χ2n) is 4.75. The number of nitrogens with two attached hydrogens (primary N) is 1. The molecule has 0 radical (unpaired) electrons. The molecule has 2 aromatic heterocycles. The first kappa shape index (κ1) is 15.2. The topological polar surface area (TPSA) is 110 Å². The maximum absolute atomic E-state index is 12.2. The number of nitrogens with one attached hydrogen (secondary N) is 2. The van der Waals surface area contributed by atoms with E-state index in [-0.39, 0.29) is 5.91 Å². The Balaban J connectivity index is 1.58. The lowest BCUT2D eigenvalue weighted by atomic mass is 10.1. The average molecular weight is 329 g/mol. The van der Waals surface area contributed by atoms with Gasteiger partial charge in [-0.15, -0.1) is 5.10 Å². The zero-order valence-electron chi connectivity index (χ0n) is 12.2. The third-order valence-electron chi connectivity index (χ3n) is 3.04. The number of amides is 1. The maximum atomic E-state index is 12.2. The van der Waals surface area contributed by atoms with Gasteiger partial charge in [0.15, 0.2) is 0 Å². The zero-order valence-corrected chi connectivity index (χ0v) is 13.0. The van der Waals surface area contributed by atoms with Crippen molar-refractivity contribution in [2.75, 3.05) is 5.73 Å². The van der Waals surface area contributed by atoms with Gasteiger partial charge in [0.05, 0.1) is 12.8 Å². The molecule has 0 aliphatic carbocycles. The Morgan fingerprint density at radius 3 is 3.00 bits per heavy atom. The molecule has 23 heavy (non-hydrogen) atoms. The Hall–Kier alpha value is -2.74. The summed E-state index contributed by atoms with van der Waals surface area (Å²) >= 11 is 1.45. The predicted octanol–water partition coefficient (Wildman–Crippen LogP) is 2.20. The molecule has 118 valence electrons. The molecular weight excluding hydrogens is 314 g/mol. The van der Waals surface area contributed by atoms with Gasteiger partial charge in [-0.05, 0) is 29.8 Å². The molecule has 0 saturated carbocycles. The van der Waals surface area contributed by atoms with Crippen LogP contribution in [-0.2, 0) is 12.3 Å². The number of aromatic amines is 1. The van der Waals surface area contributed by atoms with Crippen LogP contribution in [0.15, 0.2) is 52.2 Å². The number of benzene rings is 1. The van der Waals surface area contributed by atoms with Crippen molar-refractivity contribution in [3.05, 3.63) is 59.5 Å². The average Bonchev–Trinajstić information content (AvgIpc) is 3.22. The molecule has 0 atom stereocenters. The van der Waals surface area contributed by atoms with E-state index in [9.17, 15) is 4.79 Å². The van der Waals surface area contributed by atoms with Gasteiger partial charge in [-0.25, -0.2) is 5.10 Å². The minimum absolute atomic E-state index is 0.143. The van der Waals surface area contributed by atoms with E-state index in [1.165, 1.54) is 11.8 Å². The number of aromatic nitrogens is 3. The molecule has 0 bridgehead atoms. The van der Waals surface area contributed by atoms with Crippen molar-refractivity contribution in [3.8, 4) is 0 Å². The van der Waals surface area contributed by atoms with Gasteiger partial charge in [0.2, 0.25) is 11.1 Å². The number of furan rings is 1. The van der Waals surface area contributed by atoms with Crippen LogP contribution in [0.5, 0.6) is 0 Å². The van der Waals surface area contributed by atoms with Crippen molar-refractivity contribution in [1.82, 2.24) is 20.5 Å². The van der Waals surface area contributed by atoms with Gasteiger partial charge in [0, 0.05) is 11.3 Å². The normalized spacial score (nSPS) is 10.6. The van der Waals surface area contributed by atoms with Gasteiger partial charge in [-0.1, -0.05) is 23.9 Å². The van der Waals surface area contributed by atoms with Gasteiger partial charge in [0.25, 0.3) is 5.91 Å². The lowest BCUT2D eigenvalue weighted by Crippen LogP contribution is -2.22. The number of rotatable bonds is 6. The van der Waals surface area contributed by atoms with Crippen LogP contribution in [0.2, 0.25) is 0 Å². The number of nitrogen functional groups attached to an aromatic ring is 1.